The van der Waals surface area contributed by atoms with Gasteiger partial charge in [0, 0.05) is 0 Å². The number of fused-ring (bicyclic) bond motifs is 2. The van der Waals surface area contributed by atoms with Gasteiger partial charge in [0.2, 0.25) is 0 Å². The number of amides is 1. The van der Waals surface area contributed by atoms with Gasteiger partial charge in [-0.25, -0.2) is 24.6 Å². The van der Waals surface area contributed by atoms with Crippen LogP contribution in [0.15, 0.2) is 12.7 Å². The van der Waals surface area contributed by atoms with Gasteiger partial charge in [0.05, 0.1) is 19.5 Å². The fraction of sp³-hybridized carbons (Fsp3) is 0.619. The molecule has 0 saturated carbocycles. The molecule has 11 nitrogen and oxygen atoms in total. The largest absolute Gasteiger partial charge is 0.443 e. The van der Waals surface area contributed by atoms with Gasteiger partial charge in [-0.2, -0.15) is 0 Å². The van der Waals surface area contributed by atoms with Gasteiger partial charge in [0.1, 0.15) is 30.2 Å². The van der Waals surface area contributed by atoms with Gasteiger partial charge in [-0.05, 0) is 34.6 Å². The lowest BCUT2D eigenvalue weighted by Crippen LogP contribution is -2.37. The van der Waals surface area contributed by atoms with Crippen LogP contribution >= 0.6 is 0 Å². The second kappa shape index (κ2) is 7.97. The maximum absolute atomic E-state index is 12.8. The molecule has 4 heterocycles. The molecule has 172 valence electrons. The van der Waals surface area contributed by atoms with E-state index >= 15 is 0 Å². The van der Waals surface area contributed by atoms with Gasteiger partial charge in [0.25, 0.3) is 0 Å². The highest BCUT2D eigenvalue weighted by atomic mass is 16.8. The minimum atomic E-state index is -0.818. The van der Waals surface area contributed by atoms with E-state index in [1.54, 1.807) is 25.3 Å². The van der Waals surface area contributed by atoms with E-state index in [2.05, 4.69) is 20.9 Å². The molecule has 0 bridgehead atoms. The molecule has 4 rings (SSSR count). The van der Waals surface area contributed by atoms with Crippen molar-refractivity contribution < 1.29 is 28.8 Å². The van der Waals surface area contributed by atoms with Crippen LogP contribution in [-0.4, -0.2) is 73.6 Å². The van der Waals surface area contributed by atoms with Crippen molar-refractivity contribution in [3.05, 3.63) is 12.7 Å². The lowest BCUT2D eigenvalue weighted by atomic mass is 10.1. The topological polar surface area (TPSA) is 121 Å². The van der Waals surface area contributed by atoms with Gasteiger partial charge in [-0.1, -0.05) is 5.92 Å². The fourth-order valence-electron chi connectivity index (χ4n) is 3.89. The Morgan fingerprint density at radius 1 is 1.31 bits per heavy atom. The lowest BCUT2D eigenvalue weighted by molar-refractivity contribution is -0.199. The minimum Gasteiger partial charge on any atom is -0.443 e. The minimum absolute atomic E-state index is 0.0593. The first-order valence-electron chi connectivity index (χ1n) is 10.3. The summed E-state index contributed by atoms with van der Waals surface area (Å²) in [5.74, 6) is 1.86. The molecule has 2 aliphatic rings. The number of ether oxygens (including phenoxy) is 4. The molecule has 2 aromatic rings. The number of anilines is 1. The Kier molecular flexibility index (Phi) is 5.58. The molecule has 2 aromatic heterocycles. The Balaban J connectivity index is 1.72. The number of hydrogen-bond donors (Lipinski definition) is 1. The maximum atomic E-state index is 12.8. The summed E-state index contributed by atoms with van der Waals surface area (Å²) in [6, 6.07) is 0. The highest BCUT2D eigenvalue weighted by Gasteiger charge is 2.56. The fourth-order valence-corrected chi connectivity index (χ4v) is 3.89. The third-order valence-corrected chi connectivity index (χ3v) is 5.04. The van der Waals surface area contributed by atoms with Gasteiger partial charge in [-0.15, -0.1) is 6.42 Å². The highest BCUT2D eigenvalue weighted by Crippen LogP contribution is 2.43. The Labute approximate surface area is 185 Å². The number of nitrogens with zero attached hydrogens (tertiary/aromatic N) is 5. The Hall–Kier alpha value is -2.78. The van der Waals surface area contributed by atoms with E-state index in [1.807, 2.05) is 13.8 Å². The van der Waals surface area contributed by atoms with Crippen LogP contribution in [0.5, 0.6) is 0 Å². The van der Waals surface area contributed by atoms with Crippen molar-refractivity contribution >= 4 is 23.1 Å². The number of hydrogen-bond acceptors (Lipinski definition) is 9. The number of aliphatic hydroxyl groups excluding tert-OH is 1. The number of carbonyl (C=O) groups excluding carboxylic acids is 1. The second-order valence-electron chi connectivity index (χ2n) is 9.10. The summed E-state index contributed by atoms with van der Waals surface area (Å²) in [6.07, 6.45) is 5.56. The molecule has 32 heavy (non-hydrogen) atoms. The summed E-state index contributed by atoms with van der Waals surface area (Å²) in [5, 5.41) is 9.75. The van der Waals surface area contributed by atoms with Crippen LogP contribution in [0.2, 0.25) is 0 Å². The molecule has 0 aliphatic carbocycles. The van der Waals surface area contributed by atoms with E-state index < -0.39 is 42.0 Å². The van der Waals surface area contributed by atoms with Crippen LogP contribution in [0.4, 0.5) is 10.6 Å². The van der Waals surface area contributed by atoms with Crippen LogP contribution in [0.1, 0.15) is 40.8 Å². The molecule has 0 spiro atoms. The number of terminal acetylenes is 1. The molecule has 1 amide bonds. The Bertz CT molecular complexity index is 1060. The molecular formula is C21H27N5O6. The molecule has 2 saturated heterocycles. The van der Waals surface area contributed by atoms with E-state index in [-0.39, 0.29) is 19.0 Å². The van der Waals surface area contributed by atoms with Crippen LogP contribution in [0.25, 0.3) is 11.2 Å². The van der Waals surface area contributed by atoms with Crippen molar-refractivity contribution in [1.82, 2.24) is 19.5 Å². The SMILES string of the molecule is C#CCN(C(=O)OC(C)(C)C)c1ncnc2c1ncn2[C@@H]1O[C@H](CO)[C@H]2OC(C)(C)O[C@H]21. The zero-order valence-corrected chi connectivity index (χ0v) is 18.7. The van der Waals surface area contributed by atoms with Gasteiger partial charge < -0.3 is 24.1 Å². The standard InChI is InChI=1S/C21H27N5O6/c1-7-8-25(19(28)32-20(2,3)4)16-13-17(23-10-22-16)26(11-24-13)18-15-14(12(9-27)29-18)30-21(5,6)31-15/h1,10-12,14-15,18,27H,8-9H2,2-6H3/t12-,14-,15-,18-/m1/s1. The normalized spacial score (nSPS) is 26.7. The van der Waals surface area contributed by atoms with Crippen LogP contribution in [-0.2, 0) is 18.9 Å². The molecule has 11 heteroatoms. The van der Waals surface area contributed by atoms with Gasteiger partial charge in [-0.3, -0.25) is 4.57 Å². The summed E-state index contributed by atoms with van der Waals surface area (Å²) in [6.45, 7) is 8.62. The average Bonchev–Trinajstić information content (AvgIpc) is 3.34. The molecule has 2 fully saturated rings. The van der Waals surface area contributed by atoms with Crippen molar-refractivity contribution in [2.24, 2.45) is 0 Å². The second-order valence-corrected chi connectivity index (χ2v) is 9.10. The molecule has 0 radical (unpaired) electrons. The summed E-state index contributed by atoms with van der Waals surface area (Å²) in [7, 11) is 0. The molecule has 4 atom stereocenters. The number of imidazole rings is 1. The van der Waals surface area contributed by atoms with E-state index in [1.165, 1.54) is 17.6 Å². The zero-order valence-electron chi connectivity index (χ0n) is 18.7. The predicted octanol–water partition coefficient (Wildman–Crippen LogP) is 1.61. The van der Waals surface area contributed by atoms with E-state index in [4.69, 9.17) is 25.4 Å². The first kappa shape index (κ1) is 22.4. The van der Waals surface area contributed by atoms with Crippen molar-refractivity contribution in [1.29, 1.82) is 0 Å². The summed E-state index contributed by atoms with van der Waals surface area (Å²) in [5.41, 5.74) is 0.0456. The smallest absolute Gasteiger partial charge is 0.416 e. The maximum Gasteiger partial charge on any atom is 0.416 e. The Morgan fingerprint density at radius 3 is 2.69 bits per heavy atom. The molecular weight excluding hydrogens is 418 g/mol. The monoisotopic (exact) mass is 445 g/mol. The average molecular weight is 445 g/mol. The third-order valence-electron chi connectivity index (χ3n) is 5.04. The number of aliphatic hydroxyl groups is 1. The summed E-state index contributed by atoms with van der Waals surface area (Å²) >= 11 is 0. The van der Waals surface area contributed by atoms with Crippen molar-refractivity contribution in [3.8, 4) is 12.3 Å². The van der Waals surface area contributed by atoms with Crippen LogP contribution < -0.4 is 4.90 Å². The van der Waals surface area contributed by atoms with Crippen molar-refractivity contribution in [2.75, 3.05) is 18.1 Å². The summed E-state index contributed by atoms with van der Waals surface area (Å²) < 4.78 is 25.1. The van der Waals surface area contributed by atoms with Crippen LogP contribution in [0, 0.1) is 12.3 Å². The van der Waals surface area contributed by atoms with E-state index in [9.17, 15) is 9.90 Å². The van der Waals surface area contributed by atoms with Crippen molar-refractivity contribution in [2.45, 2.75) is 70.5 Å². The summed E-state index contributed by atoms with van der Waals surface area (Å²) in [4.78, 5) is 27.0. The molecule has 0 unspecified atom stereocenters. The first-order chi connectivity index (χ1) is 15.0. The number of aromatic nitrogens is 4. The number of carbonyl (C=O) groups is 1. The predicted molar refractivity (Wildman–Crippen MR) is 113 cm³/mol. The van der Waals surface area contributed by atoms with E-state index in [0.29, 0.717) is 11.2 Å². The Morgan fingerprint density at radius 2 is 2.03 bits per heavy atom. The lowest BCUT2D eigenvalue weighted by Gasteiger charge is -2.25. The van der Waals surface area contributed by atoms with Crippen LogP contribution in [0.3, 0.4) is 0 Å². The van der Waals surface area contributed by atoms with Crippen molar-refractivity contribution in [3.63, 3.8) is 0 Å². The zero-order chi connectivity index (χ0) is 23.3. The number of rotatable bonds is 4. The quantitative estimate of drug-likeness (QED) is 0.700. The van der Waals surface area contributed by atoms with Gasteiger partial charge >= 0.3 is 6.09 Å². The molecule has 1 N–H and O–H groups in total. The van der Waals surface area contributed by atoms with Gasteiger partial charge in [0.15, 0.2) is 29.0 Å². The highest BCUT2D eigenvalue weighted by molar-refractivity contribution is 5.95. The first-order valence-corrected chi connectivity index (χ1v) is 10.3. The third kappa shape index (κ3) is 4.02. The molecule has 2 aliphatic heterocycles. The molecule has 0 aromatic carbocycles. The van der Waals surface area contributed by atoms with E-state index in [0.717, 1.165) is 0 Å².